The Morgan fingerprint density at radius 1 is 0.968 bits per heavy atom. The molecule has 0 heterocycles. The van der Waals surface area contributed by atoms with Crippen molar-refractivity contribution in [2.75, 3.05) is 23.8 Å². The summed E-state index contributed by atoms with van der Waals surface area (Å²) in [5, 5.41) is 12.5. The Balaban J connectivity index is 1.74. The van der Waals surface area contributed by atoms with E-state index >= 15 is 0 Å². The molecule has 8 nitrogen and oxygen atoms in total. The fourth-order valence-electron chi connectivity index (χ4n) is 2.76. The molecule has 3 rings (SSSR count). The molecular weight excluding hydrogens is 420 g/mol. The van der Waals surface area contributed by atoms with E-state index in [0.717, 1.165) is 5.56 Å². The van der Waals surface area contributed by atoms with Gasteiger partial charge in [-0.2, -0.15) is 0 Å². The summed E-state index contributed by atoms with van der Waals surface area (Å²) in [5.74, 6) is 0.0808. The third-order valence-electron chi connectivity index (χ3n) is 4.36. The quantitative estimate of drug-likeness (QED) is 0.460. The van der Waals surface area contributed by atoms with Gasteiger partial charge in [0, 0.05) is 0 Å². The Bertz CT molecular complexity index is 1190. The van der Waals surface area contributed by atoms with Crippen LogP contribution in [0.1, 0.15) is 5.56 Å². The summed E-state index contributed by atoms with van der Waals surface area (Å²) >= 11 is 0. The van der Waals surface area contributed by atoms with Crippen molar-refractivity contribution in [2.24, 2.45) is 0 Å². The Kier molecular flexibility index (Phi) is 6.66. The number of nitrogens with one attached hydrogen (secondary N) is 2. The topological polar surface area (TPSA) is 114 Å². The average molecular weight is 442 g/mol. The van der Waals surface area contributed by atoms with Gasteiger partial charge in [0.15, 0.2) is 6.61 Å². The highest BCUT2D eigenvalue weighted by atomic mass is 32.2. The van der Waals surface area contributed by atoms with E-state index in [1.807, 2.05) is 19.1 Å². The number of hydrogen-bond acceptors (Lipinski definition) is 6. The monoisotopic (exact) mass is 442 g/mol. The third kappa shape index (κ3) is 5.46. The standard InChI is InChI=1S/C22H22N2O6S/c1-15-7-3-5-9-20(15)30-14-22(26)23-18-13-16(11-12-19(18)25)31(27,28)24-17-8-4-6-10-21(17)29-2/h3-13,24-25H,14H2,1-2H3,(H,23,26). The van der Waals surface area contributed by atoms with Crippen LogP contribution in [0.5, 0.6) is 17.2 Å². The summed E-state index contributed by atoms with van der Waals surface area (Å²) in [6.45, 7) is 1.54. The first-order valence-corrected chi connectivity index (χ1v) is 10.8. The maximum Gasteiger partial charge on any atom is 0.262 e. The Hall–Kier alpha value is -3.72. The molecule has 0 saturated heterocycles. The molecule has 1 amide bonds. The molecule has 9 heteroatoms. The number of para-hydroxylation sites is 3. The Morgan fingerprint density at radius 2 is 1.65 bits per heavy atom. The molecule has 0 saturated carbocycles. The fourth-order valence-corrected chi connectivity index (χ4v) is 3.86. The first-order valence-electron chi connectivity index (χ1n) is 9.27. The van der Waals surface area contributed by atoms with E-state index in [4.69, 9.17) is 9.47 Å². The number of hydrogen-bond donors (Lipinski definition) is 3. The average Bonchev–Trinajstić information content (AvgIpc) is 2.74. The first kappa shape index (κ1) is 22.0. The second kappa shape index (κ2) is 9.40. The number of sulfonamides is 1. The number of phenols is 1. The molecule has 0 unspecified atom stereocenters. The van der Waals surface area contributed by atoms with E-state index in [-0.39, 0.29) is 28.6 Å². The van der Waals surface area contributed by atoms with Crippen molar-refractivity contribution in [1.29, 1.82) is 0 Å². The highest BCUT2D eigenvalue weighted by Gasteiger charge is 2.19. The van der Waals surface area contributed by atoms with Gasteiger partial charge in [0.2, 0.25) is 0 Å². The van der Waals surface area contributed by atoms with Crippen molar-refractivity contribution < 1.29 is 27.8 Å². The van der Waals surface area contributed by atoms with Gasteiger partial charge in [0.05, 0.1) is 23.4 Å². The number of methoxy groups -OCH3 is 1. The van der Waals surface area contributed by atoms with E-state index in [1.165, 1.54) is 25.3 Å². The van der Waals surface area contributed by atoms with Crippen LogP contribution in [0.3, 0.4) is 0 Å². The molecule has 0 aliphatic heterocycles. The number of benzene rings is 3. The summed E-state index contributed by atoms with van der Waals surface area (Å²) in [5.41, 5.74) is 1.07. The number of carbonyl (C=O) groups is 1. The number of carbonyl (C=O) groups excluding carboxylic acids is 1. The molecule has 3 aromatic carbocycles. The molecule has 3 aromatic rings. The maximum absolute atomic E-state index is 12.8. The second-order valence-electron chi connectivity index (χ2n) is 6.59. The maximum atomic E-state index is 12.8. The van der Waals surface area contributed by atoms with Crippen LogP contribution in [-0.2, 0) is 14.8 Å². The lowest BCUT2D eigenvalue weighted by Crippen LogP contribution is -2.21. The zero-order valence-electron chi connectivity index (χ0n) is 17.0. The zero-order valence-corrected chi connectivity index (χ0v) is 17.8. The lowest BCUT2D eigenvalue weighted by molar-refractivity contribution is -0.118. The van der Waals surface area contributed by atoms with Crippen molar-refractivity contribution in [3.63, 3.8) is 0 Å². The predicted molar refractivity (Wildman–Crippen MR) is 117 cm³/mol. The first-order chi connectivity index (χ1) is 14.8. The lowest BCUT2D eigenvalue weighted by atomic mass is 10.2. The van der Waals surface area contributed by atoms with Gasteiger partial charge in [-0.15, -0.1) is 0 Å². The molecule has 0 aromatic heterocycles. The summed E-state index contributed by atoms with van der Waals surface area (Å²) in [6.07, 6.45) is 0. The molecule has 0 bridgehead atoms. The molecular formula is C22H22N2O6S. The molecule has 0 aliphatic rings. The summed E-state index contributed by atoms with van der Waals surface area (Å²) in [6, 6.07) is 17.4. The van der Waals surface area contributed by atoms with Crippen LogP contribution in [-0.4, -0.2) is 33.1 Å². The molecule has 0 spiro atoms. The van der Waals surface area contributed by atoms with Gasteiger partial charge < -0.3 is 19.9 Å². The third-order valence-corrected chi connectivity index (χ3v) is 5.72. The Labute approximate surface area is 180 Å². The fraction of sp³-hybridized carbons (Fsp3) is 0.136. The lowest BCUT2D eigenvalue weighted by Gasteiger charge is -2.14. The van der Waals surface area contributed by atoms with Crippen molar-refractivity contribution in [3.05, 3.63) is 72.3 Å². The van der Waals surface area contributed by atoms with Crippen LogP contribution in [0.15, 0.2) is 71.6 Å². The number of anilines is 2. The minimum atomic E-state index is -4.01. The minimum Gasteiger partial charge on any atom is -0.506 e. The van der Waals surface area contributed by atoms with Crippen LogP contribution in [0.2, 0.25) is 0 Å². The van der Waals surface area contributed by atoms with E-state index in [2.05, 4.69) is 10.0 Å². The van der Waals surface area contributed by atoms with E-state index in [1.54, 1.807) is 36.4 Å². The SMILES string of the molecule is COc1ccccc1NS(=O)(=O)c1ccc(O)c(NC(=O)COc2ccccc2C)c1. The predicted octanol–water partition coefficient (Wildman–Crippen LogP) is 3.53. The number of phenolic OH excluding ortho intramolecular Hbond substituents is 1. The molecule has 0 fully saturated rings. The molecule has 0 atom stereocenters. The van der Waals surface area contributed by atoms with Crippen LogP contribution in [0.4, 0.5) is 11.4 Å². The van der Waals surface area contributed by atoms with Crippen LogP contribution >= 0.6 is 0 Å². The number of ether oxygens (including phenoxy) is 2. The molecule has 162 valence electrons. The van der Waals surface area contributed by atoms with Crippen LogP contribution < -0.4 is 19.5 Å². The number of aromatic hydroxyl groups is 1. The van der Waals surface area contributed by atoms with Crippen LogP contribution in [0, 0.1) is 6.92 Å². The number of rotatable bonds is 8. The smallest absolute Gasteiger partial charge is 0.262 e. The van der Waals surface area contributed by atoms with Crippen molar-refractivity contribution in [1.82, 2.24) is 0 Å². The summed E-state index contributed by atoms with van der Waals surface area (Å²) < 4.78 is 38.6. The van der Waals surface area contributed by atoms with E-state index in [9.17, 15) is 18.3 Å². The molecule has 0 radical (unpaired) electrons. The second-order valence-corrected chi connectivity index (χ2v) is 8.27. The van der Waals surface area contributed by atoms with Gasteiger partial charge in [-0.25, -0.2) is 8.42 Å². The minimum absolute atomic E-state index is 0.0544. The van der Waals surface area contributed by atoms with Gasteiger partial charge in [0.25, 0.3) is 15.9 Å². The van der Waals surface area contributed by atoms with Gasteiger partial charge in [0.1, 0.15) is 17.2 Å². The number of aryl methyl sites for hydroxylation is 1. The van der Waals surface area contributed by atoms with Gasteiger partial charge in [-0.1, -0.05) is 30.3 Å². The van der Waals surface area contributed by atoms with Gasteiger partial charge >= 0.3 is 0 Å². The summed E-state index contributed by atoms with van der Waals surface area (Å²) in [4.78, 5) is 12.1. The van der Waals surface area contributed by atoms with Crippen LogP contribution in [0.25, 0.3) is 0 Å². The molecule has 3 N–H and O–H groups in total. The number of amides is 1. The molecule has 0 aliphatic carbocycles. The van der Waals surface area contributed by atoms with Gasteiger partial charge in [-0.3, -0.25) is 9.52 Å². The van der Waals surface area contributed by atoms with E-state index in [0.29, 0.717) is 11.5 Å². The Morgan fingerprint density at radius 3 is 2.35 bits per heavy atom. The highest BCUT2D eigenvalue weighted by molar-refractivity contribution is 7.92. The zero-order chi connectivity index (χ0) is 22.4. The van der Waals surface area contributed by atoms with Crippen molar-refractivity contribution in [2.45, 2.75) is 11.8 Å². The normalized spacial score (nSPS) is 10.9. The highest BCUT2D eigenvalue weighted by Crippen LogP contribution is 2.30. The largest absolute Gasteiger partial charge is 0.506 e. The summed E-state index contributed by atoms with van der Waals surface area (Å²) in [7, 11) is -2.57. The van der Waals surface area contributed by atoms with E-state index < -0.39 is 15.9 Å². The molecule has 31 heavy (non-hydrogen) atoms. The van der Waals surface area contributed by atoms with Crippen molar-refractivity contribution in [3.8, 4) is 17.2 Å². The van der Waals surface area contributed by atoms with Crippen molar-refractivity contribution >= 4 is 27.3 Å². The van der Waals surface area contributed by atoms with Gasteiger partial charge in [-0.05, 0) is 48.9 Å².